The van der Waals surface area contributed by atoms with Crippen LogP contribution in [0.4, 0.5) is 0 Å². The summed E-state index contributed by atoms with van der Waals surface area (Å²) in [5.74, 6) is -1.44. The van der Waals surface area contributed by atoms with Crippen LogP contribution in [0.5, 0.6) is 0 Å². The lowest BCUT2D eigenvalue weighted by Crippen LogP contribution is -2.65. The van der Waals surface area contributed by atoms with Crippen molar-refractivity contribution in [2.75, 3.05) is 0 Å². The third-order valence-electron chi connectivity index (χ3n) is 11.7. The van der Waals surface area contributed by atoms with Gasteiger partial charge in [0.25, 0.3) is 5.91 Å². The predicted octanol–water partition coefficient (Wildman–Crippen LogP) is 5.19. The Kier molecular flexibility index (Phi) is 11.6. The van der Waals surface area contributed by atoms with Crippen molar-refractivity contribution in [3.63, 3.8) is 0 Å². The number of carbonyl (C=O) groups is 3. The average Bonchev–Trinajstić information content (AvgIpc) is 3.51. The molecule has 3 saturated carbocycles. The molecule has 7 atom stereocenters. The highest BCUT2D eigenvalue weighted by molar-refractivity contribution is 6.48. The summed E-state index contributed by atoms with van der Waals surface area (Å²) in [6.07, 6.45) is 8.50. The van der Waals surface area contributed by atoms with Crippen LogP contribution in [0.25, 0.3) is 0 Å². The molecule has 1 aliphatic heterocycles. The molecule has 3 N–H and O–H groups in total. The zero-order valence-electron chi connectivity index (χ0n) is 32.3. The molecule has 0 radical (unpaired) electrons. The molecule has 284 valence electrons. The van der Waals surface area contributed by atoms with Gasteiger partial charge in [-0.2, -0.15) is 5.26 Å². The summed E-state index contributed by atoms with van der Waals surface area (Å²) in [5.41, 5.74) is 2.39. The lowest BCUT2D eigenvalue weighted by Gasteiger charge is -2.64. The molecule has 12 heteroatoms. The fraction of sp³-hybridized carbons (Fsp3) is 0.524. The van der Waals surface area contributed by atoms with Gasteiger partial charge in [-0.1, -0.05) is 68.4 Å². The van der Waals surface area contributed by atoms with Crippen molar-refractivity contribution in [1.29, 1.82) is 5.26 Å². The number of hydrogen-bond acceptors (Lipinski definition) is 8. The summed E-state index contributed by atoms with van der Waals surface area (Å²) < 4.78 is 13.5. The number of nitrogens with zero attached hydrogens (tertiary/aromatic N) is 3. The molecule has 2 bridgehead atoms. The first-order valence-corrected chi connectivity index (χ1v) is 19.2. The van der Waals surface area contributed by atoms with Gasteiger partial charge in [0.15, 0.2) is 0 Å². The fourth-order valence-corrected chi connectivity index (χ4v) is 8.63. The van der Waals surface area contributed by atoms with Crippen LogP contribution in [-0.2, 0) is 38.2 Å². The Morgan fingerprint density at radius 1 is 0.944 bits per heavy atom. The number of amides is 3. The zero-order chi connectivity index (χ0) is 38.7. The van der Waals surface area contributed by atoms with E-state index >= 15 is 0 Å². The summed E-state index contributed by atoms with van der Waals surface area (Å²) in [4.78, 5) is 48.6. The van der Waals surface area contributed by atoms with Crippen molar-refractivity contribution in [1.82, 2.24) is 25.9 Å². The number of rotatable bonds is 14. The zero-order valence-corrected chi connectivity index (χ0v) is 32.3. The maximum absolute atomic E-state index is 14.4. The van der Waals surface area contributed by atoms with Gasteiger partial charge in [0.2, 0.25) is 11.8 Å². The molecular weight excluding hydrogens is 679 g/mol. The molecule has 11 nitrogen and oxygen atoms in total. The molecule has 2 heterocycles. The van der Waals surface area contributed by atoms with Crippen molar-refractivity contribution >= 4 is 24.8 Å². The number of nitriles is 1. The minimum absolute atomic E-state index is 0.0507. The molecule has 0 spiro atoms. The minimum atomic E-state index is -0.906. The largest absolute Gasteiger partial charge is 0.482 e. The Labute approximate surface area is 319 Å². The maximum Gasteiger partial charge on any atom is 0.482 e. The number of aryl methyl sites for hydroxylation is 2. The van der Waals surface area contributed by atoms with E-state index in [1.807, 2.05) is 75.4 Å². The standard InChI is InChI=1S/C42H53BN6O5/c1-40(2,3)49-37(50)30(25-44)17-15-28-13-10-14-29(21-28)16-18-32(47-39(52)33-26-45-19-20-46-33)38(51)48-36(22-27-11-8-7-9-12-27)43-53-35-24-31-23-34(41(31,4)5)42(35,6)54-43/h7-14,19-21,26,30-32,34-36H,15-18,22-24H2,1-6H3,(H,47,52)(H,48,51)(H,49,50)/t30?,31-,32-,34-,35+,36-,42-/m0/s1. The van der Waals surface area contributed by atoms with E-state index in [0.29, 0.717) is 43.9 Å². The first-order valence-electron chi connectivity index (χ1n) is 19.2. The van der Waals surface area contributed by atoms with Crippen LogP contribution in [0.1, 0.15) is 94.4 Å². The van der Waals surface area contributed by atoms with Crippen molar-refractivity contribution < 1.29 is 23.7 Å². The third kappa shape index (κ3) is 8.85. The highest BCUT2D eigenvalue weighted by Crippen LogP contribution is 2.65. The first-order chi connectivity index (χ1) is 25.7. The fourth-order valence-electron chi connectivity index (χ4n) is 8.63. The van der Waals surface area contributed by atoms with Crippen LogP contribution in [0, 0.1) is 34.5 Å². The van der Waals surface area contributed by atoms with Crippen LogP contribution < -0.4 is 16.0 Å². The lowest BCUT2D eigenvalue weighted by molar-refractivity contribution is -0.199. The Morgan fingerprint density at radius 3 is 2.30 bits per heavy atom. The van der Waals surface area contributed by atoms with Crippen molar-refractivity contribution in [3.8, 4) is 6.07 Å². The molecule has 54 heavy (non-hydrogen) atoms. The molecule has 4 aliphatic rings. The number of aromatic nitrogens is 2. The van der Waals surface area contributed by atoms with E-state index in [4.69, 9.17) is 9.31 Å². The SMILES string of the molecule is CC(C)(C)NC(=O)C(C#N)CCc1cccc(CC[C@H](NC(=O)c2cnccn2)C(=O)N[C@@H](Cc2ccccc2)B2O[C@@H]3C[C@@H]4C[C@@H](C4(C)C)[C@]3(C)O2)c1. The normalized spacial score (nSPS) is 24.2. The van der Waals surface area contributed by atoms with E-state index in [9.17, 15) is 19.6 Å². The van der Waals surface area contributed by atoms with E-state index in [-0.39, 0.29) is 29.0 Å². The summed E-state index contributed by atoms with van der Waals surface area (Å²) in [6.45, 7) is 12.5. The highest BCUT2D eigenvalue weighted by atomic mass is 16.7. The third-order valence-corrected chi connectivity index (χ3v) is 11.7. The van der Waals surface area contributed by atoms with Gasteiger partial charge in [0.1, 0.15) is 17.7 Å². The van der Waals surface area contributed by atoms with E-state index in [0.717, 1.165) is 29.5 Å². The van der Waals surface area contributed by atoms with E-state index in [2.05, 4.69) is 52.8 Å². The predicted molar refractivity (Wildman–Crippen MR) is 206 cm³/mol. The molecule has 1 saturated heterocycles. The first kappa shape index (κ1) is 39.1. The summed E-state index contributed by atoms with van der Waals surface area (Å²) >= 11 is 0. The van der Waals surface area contributed by atoms with Gasteiger partial charge in [0.05, 0.1) is 29.9 Å². The molecule has 3 aliphatic carbocycles. The van der Waals surface area contributed by atoms with Crippen LogP contribution in [-0.4, -0.2) is 64.0 Å². The minimum Gasteiger partial charge on any atom is -0.404 e. The molecule has 1 unspecified atom stereocenters. The number of carbonyl (C=O) groups excluding carboxylic acids is 3. The Balaban J connectivity index is 1.18. The molecule has 3 amide bonds. The van der Waals surface area contributed by atoms with Gasteiger partial charge >= 0.3 is 7.12 Å². The van der Waals surface area contributed by atoms with Gasteiger partial charge in [-0.05, 0) is 107 Å². The monoisotopic (exact) mass is 732 g/mol. The second-order valence-corrected chi connectivity index (χ2v) is 17.1. The van der Waals surface area contributed by atoms with Gasteiger partial charge in [-0.3, -0.25) is 19.4 Å². The van der Waals surface area contributed by atoms with Gasteiger partial charge in [-0.25, -0.2) is 4.98 Å². The van der Waals surface area contributed by atoms with Crippen LogP contribution in [0.2, 0.25) is 0 Å². The van der Waals surface area contributed by atoms with E-state index in [1.54, 1.807) is 0 Å². The van der Waals surface area contributed by atoms with E-state index in [1.165, 1.54) is 18.6 Å². The van der Waals surface area contributed by atoms with Crippen LogP contribution in [0.3, 0.4) is 0 Å². The van der Waals surface area contributed by atoms with Crippen LogP contribution in [0.15, 0.2) is 73.2 Å². The summed E-state index contributed by atoms with van der Waals surface area (Å²) in [7, 11) is -0.657. The molecule has 2 aromatic carbocycles. The quantitative estimate of drug-likeness (QED) is 0.192. The average molecular weight is 733 g/mol. The maximum atomic E-state index is 14.4. The Bertz CT molecular complexity index is 1850. The van der Waals surface area contributed by atoms with Crippen molar-refractivity contribution in [3.05, 3.63) is 95.6 Å². The number of benzene rings is 2. The molecule has 7 rings (SSSR count). The summed E-state index contributed by atoms with van der Waals surface area (Å²) in [6, 6.07) is 19.1. The number of nitrogens with one attached hydrogen (secondary N) is 3. The van der Waals surface area contributed by atoms with Gasteiger partial charge in [0, 0.05) is 17.9 Å². The topological polar surface area (TPSA) is 155 Å². The second-order valence-electron chi connectivity index (χ2n) is 17.1. The molecule has 3 aromatic rings. The highest BCUT2D eigenvalue weighted by Gasteiger charge is 2.68. The molecular formula is C42H53BN6O5. The van der Waals surface area contributed by atoms with Crippen LogP contribution >= 0.6 is 0 Å². The van der Waals surface area contributed by atoms with Gasteiger partial charge < -0.3 is 25.3 Å². The Hall–Kier alpha value is -4.60. The number of hydrogen-bond donors (Lipinski definition) is 3. The Morgan fingerprint density at radius 2 is 1.65 bits per heavy atom. The summed E-state index contributed by atoms with van der Waals surface area (Å²) in [5, 5.41) is 18.8. The molecule has 1 aromatic heterocycles. The van der Waals surface area contributed by atoms with Crippen molar-refractivity contribution in [2.45, 2.75) is 116 Å². The molecule has 4 fully saturated rings. The van der Waals surface area contributed by atoms with Crippen molar-refractivity contribution in [2.24, 2.45) is 23.2 Å². The lowest BCUT2D eigenvalue weighted by atomic mass is 9.43. The van der Waals surface area contributed by atoms with Gasteiger partial charge in [-0.15, -0.1) is 0 Å². The second kappa shape index (κ2) is 16.0. The van der Waals surface area contributed by atoms with E-state index < -0.39 is 42.1 Å². The smallest absolute Gasteiger partial charge is 0.404 e.